The van der Waals surface area contributed by atoms with E-state index in [0.717, 1.165) is 41.9 Å². The smallest absolute Gasteiger partial charge is 0.259 e. The van der Waals surface area contributed by atoms with Crippen LogP contribution in [0.2, 0.25) is 5.02 Å². The number of aromatic nitrogens is 2. The number of benzene rings is 1. The van der Waals surface area contributed by atoms with E-state index in [4.69, 9.17) is 16.1 Å². The lowest BCUT2D eigenvalue weighted by atomic mass is 10.1. The summed E-state index contributed by atoms with van der Waals surface area (Å²) < 4.78 is 5.26. The Balaban J connectivity index is 1.61. The molecule has 2 aromatic rings. The highest BCUT2D eigenvalue weighted by Gasteiger charge is 2.17. The van der Waals surface area contributed by atoms with Crippen LogP contribution in [0.4, 0.5) is 0 Å². The molecule has 0 amide bonds. The third-order valence-electron chi connectivity index (χ3n) is 3.02. The fraction of sp³-hybridized carbons (Fsp3) is 0.385. The molecule has 1 fully saturated rings. The zero-order chi connectivity index (χ0) is 13.1. The van der Waals surface area contributed by atoms with Gasteiger partial charge in [0.15, 0.2) is 5.82 Å². The number of thioether (sulfide) groups is 1. The molecule has 0 spiro atoms. The molecular weight excluding hydrogens is 282 g/mol. The summed E-state index contributed by atoms with van der Waals surface area (Å²) in [7, 11) is 0. The molecule has 1 aliphatic rings. The number of nitrogens with zero attached hydrogens (tertiary/aromatic N) is 2. The van der Waals surface area contributed by atoms with Gasteiger partial charge in [-0.3, -0.25) is 0 Å². The van der Waals surface area contributed by atoms with Crippen LogP contribution in [-0.2, 0) is 5.75 Å². The van der Waals surface area contributed by atoms with Crippen LogP contribution in [-0.4, -0.2) is 29.0 Å². The number of hydrogen-bond donors (Lipinski definition) is 1. The van der Waals surface area contributed by atoms with Crippen molar-refractivity contribution in [3.05, 3.63) is 35.1 Å². The van der Waals surface area contributed by atoms with Crippen LogP contribution in [0.3, 0.4) is 0 Å². The van der Waals surface area contributed by atoms with Gasteiger partial charge in [0, 0.05) is 0 Å². The van der Waals surface area contributed by atoms with Crippen molar-refractivity contribution in [2.45, 2.75) is 5.75 Å². The molecule has 19 heavy (non-hydrogen) atoms. The number of hydrogen-bond acceptors (Lipinski definition) is 5. The number of halogens is 1. The van der Waals surface area contributed by atoms with Gasteiger partial charge in [-0.1, -0.05) is 28.9 Å². The summed E-state index contributed by atoms with van der Waals surface area (Å²) in [6, 6.07) is 7.49. The van der Waals surface area contributed by atoms with Crippen molar-refractivity contribution in [2.24, 2.45) is 5.92 Å². The quantitative estimate of drug-likeness (QED) is 0.919. The van der Waals surface area contributed by atoms with Gasteiger partial charge < -0.3 is 9.84 Å². The second-order valence-corrected chi connectivity index (χ2v) is 5.97. The summed E-state index contributed by atoms with van der Waals surface area (Å²) in [6.07, 6.45) is 0. The van der Waals surface area contributed by atoms with E-state index in [1.165, 1.54) is 0 Å². The third kappa shape index (κ3) is 3.11. The first kappa shape index (κ1) is 13.0. The molecule has 0 aliphatic carbocycles. The standard InChI is InChI=1S/C13H14ClN3OS/c14-11-4-2-1-3-10(11)13-16-12(17-18-13)8-19-7-9-5-15-6-9/h1-4,9,15H,5-8H2. The van der Waals surface area contributed by atoms with Crippen LogP contribution in [0.25, 0.3) is 11.5 Å². The summed E-state index contributed by atoms with van der Waals surface area (Å²) >= 11 is 7.95. The number of rotatable bonds is 5. The Morgan fingerprint density at radius 3 is 2.95 bits per heavy atom. The zero-order valence-corrected chi connectivity index (χ0v) is 11.9. The highest BCUT2D eigenvalue weighted by Crippen LogP contribution is 2.26. The van der Waals surface area contributed by atoms with Gasteiger partial charge in [0.05, 0.1) is 16.3 Å². The van der Waals surface area contributed by atoms with Crippen LogP contribution in [0.5, 0.6) is 0 Å². The van der Waals surface area contributed by atoms with Gasteiger partial charge in [-0.25, -0.2) is 0 Å². The lowest BCUT2D eigenvalue weighted by Crippen LogP contribution is -2.43. The Hall–Kier alpha value is -1.04. The molecule has 0 atom stereocenters. The van der Waals surface area contributed by atoms with Crippen molar-refractivity contribution in [2.75, 3.05) is 18.8 Å². The monoisotopic (exact) mass is 295 g/mol. The summed E-state index contributed by atoms with van der Waals surface area (Å²) in [4.78, 5) is 4.38. The second kappa shape index (κ2) is 5.94. The molecule has 0 bridgehead atoms. The topological polar surface area (TPSA) is 51.0 Å². The Morgan fingerprint density at radius 2 is 2.21 bits per heavy atom. The fourth-order valence-electron chi connectivity index (χ4n) is 1.84. The van der Waals surface area contributed by atoms with E-state index < -0.39 is 0 Å². The van der Waals surface area contributed by atoms with Crippen LogP contribution in [0.15, 0.2) is 28.8 Å². The van der Waals surface area contributed by atoms with E-state index in [2.05, 4.69) is 15.5 Å². The minimum Gasteiger partial charge on any atom is -0.334 e. The molecule has 0 unspecified atom stereocenters. The first-order valence-corrected chi connectivity index (χ1v) is 7.72. The van der Waals surface area contributed by atoms with E-state index in [9.17, 15) is 0 Å². The summed E-state index contributed by atoms with van der Waals surface area (Å²) in [5.41, 5.74) is 0.788. The third-order valence-corrected chi connectivity index (χ3v) is 4.52. The average molecular weight is 296 g/mol. The maximum Gasteiger partial charge on any atom is 0.259 e. The van der Waals surface area contributed by atoms with Gasteiger partial charge >= 0.3 is 0 Å². The average Bonchev–Trinajstić information content (AvgIpc) is 2.81. The molecule has 1 N–H and O–H groups in total. The fourth-order valence-corrected chi connectivity index (χ4v) is 3.04. The second-order valence-electron chi connectivity index (χ2n) is 4.54. The molecule has 100 valence electrons. The van der Waals surface area contributed by atoms with Crippen molar-refractivity contribution in [3.8, 4) is 11.5 Å². The summed E-state index contributed by atoms with van der Waals surface area (Å²) in [5, 5.41) is 7.89. The summed E-state index contributed by atoms with van der Waals surface area (Å²) in [6.45, 7) is 2.26. The van der Waals surface area contributed by atoms with E-state index >= 15 is 0 Å². The predicted octanol–water partition coefficient (Wildman–Crippen LogP) is 2.84. The van der Waals surface area contributed by atoms with Gasteiger partial charge in [-0.15, -0.1) is 0 Å². The molecule has 2 heterocycles. The van der Waals surface area contributed by atoms with Crippen LogP contribution < -0.4 is 5.32 Å². The molecular formula is C13H14ClN3OS. The molecule has 1 saturated heterocycles. The Labute approximate surface area is 120 Å². The molecule has 0 saturated carbocycles. The minimum atomic E-state index is 0.492. The van der Waals surface area contributed by atoms with Crippen LogP contribution in [0.1, 0.15) is 5.82 Å². The van der Waals surface area contributed by atoms with E-state index in [1.54, 1.807) is 0 Å². The van der Waals surface area contributed by atoms with Gasteiger partial charge in [-0.05, 0) is 36.9 Å². The van der Waals surface area contributed by atoms with Crippen molar-refractivity contribution in [1.29, 1.82) is 0 Å². The Bertz CT molecular complexity index is 556. The van der Waals surface area contributed by atoms with Gasteiger partial charge in [0.25, 0.3) is 5.89 Å². The predicted molar refractivity (Wildman–Crippen MR) is 77.3 cm³/mol. The van der Waals surface area contributed by atoms with E-state index in [1.807, 2.05) is 36.0 Å². The Kier molecular flexibility index (Phi) is 4.06. The molecule has 1 aromatic heterocycles. The molecule has 0 radical (unpaired) electrons. The number of nitrogens with one attached hydrogen (secondary N) is 1. The molecule has 3 rings (SSSR count). The highest BCUT2D eigenvalue weighted by molar-refractivity contribution is 7.98. The minimum absolute atomic E-state index is 0.492. The van der Waals surface area contributed by atoms with Crippen LogP contribution in [0, 0.1) is 5.92 Å². The molecule has 1 aliphatic heterocycles. The van der Waals surface area contributed by atoms with E-state index in [-0.39, 0.29) is 0 Å². The van der Waals surface area contributed by atoms with Crippen molar-refractivity contribution >= 4 is 23.4 Å². The lowest BCUT2D eigenvalue weighted by molar-refractivity contribution is 0.385. The SMILES string of the molecule is Clc1ccccc1-c1nc(CSCC2CNC2)no1. The van der Waals surface area contributed by atoms with Crippen molar-refractivity contribution in [1.82, 2.24) is 15.5 Å². The summed E-state index contributed by atoms with van der Waals surface area (Å²) in [5.74, 6) is 3.94. The Morgan fingerprint density at radius 1 is 1.37 bits per heavy atom. The molecule has 6 heteroatoms. The zero-order valence-electron chi connectivity index (χ0n) is 10.3. The van der Waals surface area contributed by atoms with Crippen molar-refractivity contribution < 1.29 is 4.52 Å². The maximum atomic E-state index is 6.10. The first-order chi connectivity index (χ1) is 9.33. The van der Waals surface area contributed by atoms with E-state index in [0.29, 0.717) is 10.9 Å². The molecule has 4 nitrogen and oxygen atoms in total. The lowest BCUT2D eigenvalue weighted by Gasteiger charge is -2.26. The first-order valence-electron chi connectivity index (χ1n) is 6.19. The molecule has 1 aromatic carbocycles. The maximum absolute atomic E-state index is 6.10. The van der Waals surface area contributed by atoms with Crippen molar-refractivity contribution in [3.63, 3.8) is 0 Å². The van der Waals surface area contributed by atoms with Gasteiger partial charge in [0.2, 0.25) is 0 Å². The van der Waals surface area contributed by atoms with Gasteiger partial charge in [0.1, 0.15) is 0 Å². The highest BCUT2D eigenvalue weighted by atomic mass is 35.5. The van der Waals surface area contributed by atoms with Gasteiger partial charge in [-0.2, -0.15) is 16.7 Å². The largest absolute Gasteiger partial charge is 0.334 e. The van der Waals surface area contributed by atoms with Crippen LogP contribution >= 0.6 is 23.4 Å². The normalized spacial score (nSPS) is 15.4.